The number of sulfonamides is 1. The zero-order valence-electron chi connectivity index (χ0n) is 20.3. The van der Waals surface area contributed by atoms with Gasteiger partial charge in [-0.15, -0.1) is 13.2 Å². The predicted molar refractivity (Wildman–Crippen MR) is 132 cm³/mol. The molecule has 4 rings (SSSR count). The van der Waals surface area contributed by atoms with Crippen LogP contribution >= 0.6 is 0 Å². The lowest BCUT2D eigenvalue weighted by Crippen LogP contribution is -2.52. The first kappa shape index (κ1) is 27.6. The highest BCUT2D eigenvalue weighted by Crippen LogP contribution is 2.35. The van der Waals surface area contributed by atoms with Gasteiger partial charge in [-0.25, -0.2) is 17.9 Å². The molecule has 14 heteroatoms. The van der Waals surface area contributed by atoms with Crippen LogP contribution < -0.4 is 29.1 Å². The summed E-state index contributed by atoms with van der Waals surface area (Å²) >= 11 is 0. The van der Waals surface area contributed by atoms with Crippen molar-refractivity contribution in [3.63, 3.8) is 0 Å². The smallest absolute Gasteiger partial charge is 0.454 e. The van der Waals surface area contributed by atoms with Gasteiger partial charge in [-0.1, -0.05) is 42.5 Å². The first-order valence-corrected chi connectivity index (χ1v) is 12.8. The summed E-state index contributed by atoms with van der Waals surface area (Å²) in [7, 11) is -3.37. The summed E-state index contributed by atoms with van der Waals surface area (Å²) in [5.74, 6) is -0.711. The van der Waals surface area contributed by atoms with Crippen molar-refractivity contribution < 1.29 is 45.4 Å². The molecule has 0 spiro atoms. The summed E-state index contributed by atoms with van der Waals surface area (Å²) in [6.45, 7) is 0.0282. The molecule has 1 atom stereocenters. The number of likely N-dealkylation sites (N-methyl/N-ethyl adjacent to an activating group) is 1. The summed E-state index contributed by atoms with van der Waals surface area (Å²) in [5.41, 5.74) is 1.07. The van der Waals surface area contributed by atoms with Crippen molar-refractivity contribution in [3.8, 4) is 17.2 Å². The summed E-state index contributed by atoms with van der Waals surface area (Å²) in [6.07, 6.45) is -5.18. The van der Waals surface area contributed by atoms with E-state index in [1.165, 1.54) is 11.9 Å². The number of alkyl halides is 3. The fraction of sp³-hybridized carbons (Fsp3) is 0.200. The molecule has 3 aromatic rings. The Balaban J connectivity index is 1.55. The molecular weight excluding hydrogens is 543 g/mol. The van der Waals surface area contributed by atoms with Gasteiger partial charge in [-0.3, -0.25) is 4.79 Å². The first-order chi connectivity index (χ1) is 18.4. The second kappa shape index (κ2) is 11.1. The number of anilines is 1. The van der Waals surface area contributed by atoms with E-state index in [-0.39, 0.29) is 13.2 Å². The topological polar surface area (TPSA) is 123 Å². The van der Waals surface area contributed by atoms with Crippen LogP contribution in [0.4, 0.5) is 23.7 Å². The quantitative estimate of drug-likeness (QED) is 0.428. The molecule has 1 heterocycles. The van der Waals surface area contributed by atoms with Crippen LogP contribution in [0.15, 0.2) is 77.7 Å². The molecule has 0 saturated carbocycles. The summed E-state index contributed by atoms with van der Waals surface area (Å²) in [5, 5.41) is 2.32. The number of hydrogen-bond donors (Lipinski definition) is 2. The van der Waals surface area contributed by atoms with Gasteiger partial charge < -0.3 is 24.4 Å². The van der Waals surface area contributed by atoms with Crippen molar-refractivity contribution in [2.24, 2.45) is 0 Å². The van der Waals surface area contributed by atoms with Gasteiger partial charge in [0, 0.05) is 25.2 Å². The number of carbonyl (C=O) groups is 2. The minimum absolute atomic E-state index is 0.0181. The van der Waals surface area contributed by atoms with E-state index in [0.717, 1.165) is 24.3 Å². The first-order valence-electron chi connectivity index (χ1n) is 11.3. The Kier molecular flexibility index (Phi) is 7.85. The summed E-state index contributed by atoms with van der Waals surface area (Å²) in [4.78, 5) is 26.6. The molecule has 3 amide bonds. The van der Waals surface area contributed by atoms with Crippen LogP contribution in [-0.2, 0) is 21.2 Å². The van der Waals surface area contributed by atoms with E-state index in [9.17, 15) is 31.2 Å². The van der Waals surface area contributed by atoms with E-state index in [0.29, 0.717) is 22.7 Å². The molecule has 0 unspecified atom stereocenters. The number of urea groups is 1. The lowest BCUT2D eigenvalue weighted by atomic mass is 10.0. The Morgan fingerprint density at radius 1 is 1.00 bits per heavy atom. The molecule has 0 bridgehead atoms. The zero-order chi connectivity index (χ0) is 28.2. The van der Waals surface area contributed by atoms with Gasteiger partial charge in [0.25, 0.3) is 10.0 Å². The normalized spacial score (nSPS) is 13.3. The van der Waals surface area contributed by atoms with Crippen LogP contribution in [0.5, 0.6) is 17.2 Å². The van der Waals surface area contributed by atoms with E-state index in [2.05, 4.69) is 10.1 Å². The summed E-state index contributed by atoms with van der Waals surface area (Å²) < 4.78 is 79.9. The number of hydrogen-bond acceptors (Lipinski definition) is 7. The molecule has 39 heavy (non-hydrogen) atoms. The lowest BCUT2D eigenvalue weighted by Gasteiger charge is -2.25. The number of para-hydroxylation sites is 1. The maximum atomic E-state index is 13.4. The van der Waals surface area contributed by atoms with Crippen molar-refractivity contribution in [2.45, 2.75) is 23.7 Å². The number of fused-ring (bicyclic) bond motifs is 1. The highest BCUT2D eigenvalue weighted by molar-refractivity contribution is 7.90. The molecule has 0 saturated heterocycles. The van der Waals surface area contributed by atoms with Crippen molar-refractivity contribution in [2.75, 3.05) is 18.7 Å². The third-order valence-electron chi connectivity index (χ3n) is 5.55. The van der Waals surface area contributed by atoms with Gasteiger partial charge in [-0.2, -0.15) is 0 Å². The van der Waals surface area contributed by atoms with Crippen LogP contribution in [0.2, 0.25) is 0 Å². The number of nitrogens with zero attached hydrogens (tertiary/aromatic N) is 1. The largest absolute Gasteiger partial charge is 0.573 e. The van der Waals surface area contributed by atoms with Crippen molar-refractivity contribution in [3.05, 3.63) is 78.4 Å². The number of ether oxygens (including phenoxy) is 3. The average Bonchev–Trinajstić information content (AvgIpc) is 3.35. The average molecular weight is 566 g/mol. The third-order valence-corrected chi connectivity index (χ3v) is 6.92. The Hall–Kier alpha value is -4.46. The number of rotatable bonds is 8. The van der Waals surface area contributed by atoms with E-state index in [4.69, 9.17) is 9.47 Å². The van der Waals surface area contributed by atoms with E-state index >= 15 is 0 Å². The molecular formula is C25H22F3N3O7S. The fourth-order valence-corrected chi connectivity index (χ4v) is 4.80. The van der Waals surface area contributed by atoms with Crippen LogP contribution in [0.3, 0.4) is 0 Å². The van der Waals surface area contributed by atoms with Crippen LogP contribution in [0, 0.1) is 0 Å². The Morgan fingerprint density at radius 2 is 1.67 bits per heavy atom. The number of halogens is 3. The lowest BCUT2D eigenvalue weighted by molar-refractivity contribution is -0.275. The Bertz CT molecular complexity index is 1470. The van der Waals surface area contributed by atoms with Gasteiger partial charge in [-0.05, 0) is 29.8 Å². The number of amides is 3. The van der Waals surface area contributed by atoms with Crippen LogP contribution in [0.1, 0.15) is 5.56 Å². The minimum atomic E-state index is -5.17. The molecule has 10 nitrogen and oxygen atoms in total. The van der Waals surface area contributed by atoms with Gasteiger partial charge in [0.2, 0.25) is 12.7 Å². The van der Waals surface area contributed by atoms with Crippen LogP contribution in [0.25, 0.3) is 0 Å². The van der Waals surface area contributed by atoms with Gasteiger partial charge in [0.15, 0.2) is 11.5 Å². The van der Waals surface area contributed by atoms with Gasteiger partial charge >= 0.3 is 12.4 Å². The third kappa shape index (κ3) is 6.90. The predicted octanol–water partition coefficient (Wildman–Crippen LogP) is 3.58. The summed E-state index contributed by atoms with van der Waals surface area (Å²) in [6, 6.07) is 14.8. The fourth-order valence-electron chi connectivity index (χ4n) is 3.75. The SMILES string of the molecule is CN(C(=O)[C@H](Cc1ccccc1)NC(=O)NS(=O)(=O)c1ccccc1OC(F)(F)F)c1ccc2c(c1)OCO2. The molecule has 0 aliphatic carbocycles. The molecule has 206 valence electrons. The van der Waals surface area contributed by atoms with E-state index in [1.54, 1.807) is 53.3 Å². The Morgan fingerprint density at radius 3 is 2.38 bits per heavy atom. The van der Waals surface area contributed by atoms with Gasteiger partial charge in [0.1, 0.15) is 16.7 Å². The van der Waals surface area contributed by atoms with E-state index in [1.807, 2.05) is 0 Å². The monoisotopic (exact) mass is 565 g/mol. The van der Waals surface area contributed by atoms with E-state index < -0.39 is 45.0 Å². The van der Waals surface area contributed by atoms with Crippen molar-refractivity contribution in [1.82, 2.24) is 10.0 Å². The van der Waals surface area contributed by atoms with Crippen molar-refractivity contribution >= 4 is 27.6 Å². The standard InChI is InChI=1S/C25H22F3N3O7S/c1-31(17-11-12-19-21(14-17)37-15-36-19)23(32)18(13-16-7-3-2-4-8-16)29-24(33)30-39(34,35)22-10-6-5-9-20(22)38-25(26,27)28/h2-12,14,18H,13,15H2,1H3,(H2,29,30,33)/t18-/m0/s1. The maximum absolute atomic E-state index is 13.4. The number of benzene rings is 3. The minimum Gasteiger partial charge on any atom is -0.454 e. The molecule has 3 aromatic carbocycles. The molecule has 0 aromatic heterocycles. The number of nitrogens with one attached hydrogen (secondary N) is 2. The molecule has 1 aliphatic heterocycles. The molecule has 0 fully saturated rings. The maximum Gasteiger partial charge on any atom is 0.573 e. The number of carbonyl (C=O) groups excluding carboxylic acids is 2. The molecule has 2 N–H and O–H groups in total. The second-order valence-corrected chi connectivity index (χ2v) is 9.90. The highest BCUT2D eigenvalue weighted by Gasteiger charge is 2.35. The molecule has 0 radical (unpaired) electrons. The zero-order valence-corrected chi connectivity index (χ0v) is 21.1. The second-order valence-electron chi connectivity index (χ2n) is 8.25. The van der Waals surface area contributed by atoms with Crippen molar-refractivity contribution in [1.29, 1.82) is 0 Å². The van der Waals surface area contributed by atoms with Crippen LogP contribution in [-0.4, -0.2) is 46.6 Å². The highest BCUT2D eigenvalue weighted by atomic mass is 32.2. The Labute approximate surface area is 221 Å². The van der Waals surface area contributed by atoms with Gasteiger partial charge in [0.05, 0.1) is 0 Å². The molecule has 1 aliphatic rings.